The van der Waals surface area contributed by atoms with Crippen LogP contribution < -0.4 is 0 Å². The van der Waals surface area contributed by atoms with Gasteiger partial charge in [-0.2, -0.15) is 0 Å². The van der Waals surface area contributed by atoms with Crippen molar-refractivity contribution in [2.45, 2.75) is 32.1 Å². The van der Waals surface area contributed by atoms with Gasteiger partial charge in [0.1, 0.15) is 6.61 Å². The molecule has 1 aliphatic carbocycles. The number of rotatable bonds is 3. The molecule has 0 N–H and O–H groups in total. The van der Waals surface area contributed by atoms with E-state index in [0.717, 1.165) is 12.8 Å². The van der Waals surface area contributed by atoms with Gasteiger partial charge in [0.05, 0.1) is 5.71 Å². The zero-order valence-electron chi connectivity index (χ0n) is 6.88. The molecule has 0 aromatic carbocycles. The average Bonchev–Trinajstić information content (AvgIpc) is 2.07. The Bertz CT molecular complexity index is 144. The molecule has 2 nitrogen and oxygen atoms in total. The van der Waals surface area contributed by atoms with Crippen LogP contribution in [0.2, 0.25) is 0 Å². The first-order valence-corrected chi connectivity index (χ1v) is 4.22. The molecule has 62 valence electrons. The average molecular weight is 153 g/mol. The van der Waals surface area contributed by atoms with E-state index < -0.39 is 0 Å². The van der Waals surface area contributed by atoms with E-state index in [2.05, 4.69) is 11.7 Å². The standard InChI is InChI=1S/C9H15NO/c1-2-8-11-10-9-6-4-3-5-7-9/h2H,1,3-8H2. The van der Waals surface area contributed by atoms with E-state index in [1.165, 1.54) is 25.0 Å². The van der Waals surface area contributed by atoms with Crippen LogP contribution in [-0.2, 0) is 4.84 Å². The summed E-state index contributed by atoms with van der Waals surface area (Å²) in [5, 5.41) is 4.02. The maximum atomic E-state index is 4.99. The van der Waals surface area contributed by atoms with E-state index in [-0.39, 0.29) is 0 Å². The van der Waals surface area contributed by atoms with Crippen molar-refractivity contribution < 1.29 is 4.84 Å². The highest BCUT2D eigenvalue weighted by atomic mass is 16.6. The van der Waals surface area contributed by atoms with Crippen molar-refractivity contribution in [1.82, 2.24) is 0 Å². The van der Waals surface area contributed by atoms with E-state index in [1.54, 1.807) is 6.08 Å². The van der Waals surface area contributed by atoms with Crippen LogP contribution in [0.15, 0.2) is 17.8 Å². The normalized spacial score (nSPS) is 17.6. The van der Waals surface area contributed by atoms with Crippen molar-refractivity contribution in [1.29, 1.82) is 0 Å². The van der Waals surface area contributed by atoms with Crippen molar-refractivity contribution in [3.63, 3.8) is 0 Å². The Kier molecular flexibility index (Phi) is 3.73. The summed E-state index contributed by atoms with van der Waals surface area (Å²) < 4.78 is 0. The van der Waals surface area contributed by atoms with Crippen molar-refractivity contribution in [2.24, 2.45) is 5.16 Å². The van der Waals surface area contributed by atoms with Gasteiger partial charge in [0.15, 0.2) is 0 Å². The summed E-state index contributed by atoms with van der Waals surface area (Å²) in [6, 6.07) is 0. The zero-order valence-corrected chi connectivity index (χ0v) is 6.88. The summed E-state index contributed by atoms with van der Waals surface area (Å²) in [7, 11) is 0. The molecule has 0 heterocycles. The van der Waals surface area contributed by atoms with Crippen molar-refractivity contribution in [3.05, 3.63) is 12.7 Å². The topological polar surface area (TPSA) is 21.6 Å². The highest BCUT2D eigenvalue weighted by molar-refractivity contribution is 5.84. The number of hydrogen-bond donors (Lipinski definition) is 0. The lowest BCUT2D eigenvalue weighted by Crippen LogP contribution is -2.05. The second-order valence-corrected chi connectivity index (χ2v) is 2.80. The van der Waals surface area contributed by atoms with Gasteiger partial charge < -0.3 is 4.84 Å². The molecular formula is C9H15NO. The molecule has 0 aliphatic heterocycles. The van der Waals surface area contributed by atoms with Crippen LogP contribution >= 0.6 is 0 Å². The minimum atomic E-state index is 0.531. The van der Waals surface area contributed by atoms with Crippen LogP contribution in [0.25, 0.3) is 0 Å². The van der Waals surface area contributed by atoms with Gasteiger partial charge in [0.25, 0.3) is 0 Å². The minimum absolute atomic E-state index is 0.531. The van der Waals surface area contributed by atoms with Gasteiger partial charge in [-0.1, -0.05) is 24.2 Å². The Hall–Kier alpha value is -0.790. The summed E-state index contributed by atoms with van der Waals surface area (Å²) in [5.41, 5.74) is 1.22. The molecule has 0 saturated heterocycles. The first kappa shape index (κ1) is 8.31. The van der Waals surface area contributed by atoms with E-state index in [1.807, 2.05) is 0 Å². The Morgan fingerprint density at radius 1 is 1.36 bits per heavy atom. The van der Waals surface area contributed by atoms with Gasteiger partial charge in [-0.15, -0.1) is 0 Å². The molecule has 11 heavy (non-hydrogen) atoms. The molecule has 0 atom stereocenters. The second-order valence-electron chi connectivity index (χ2n) is 2.80. The molecule has 1 saturated carbocycles. The molecule has 2 heteroatoms. The first-order chi connectivity index (χ1) is 5.43. The largest absolute Gasteiger partial charge is 0.392 e. The second kappa shape index (κ2) is 4.94. The van der Waals surface area contributed by atoms with Crippen molar-refractivity contribution in [3.8, 4) is 0 Å². The lowest BCUT2D eigenvalue weighted by atomic mass is 9.99. The zero-order chi connectivity index (χ0) is 7.94. The third kappa shape index (κ3) is 3.21. The number of oxime groups is 1. The van der Waals surface area contributed by atoms with Crippen LogP contribution in [0.5, 0.6) is 0 Å². The maximum Gasteiger partial charge on any atom is 0.135 e. The predicted octanol–water partition coefficient (Wildman–Crippen LogP) is 2.51. The van der Waals surface area contributed by atoms with Crippen molar-refractivity contribution >= 4 is 5.71 Å². The summed E-state index contributed by atoms with van der Waals surface area (Å²) in [6.07, 6.45) is 7.86. The van der Waals surface area contributed by atoms with Crippen LogP contribution in [0, 0.1) is 0 Å². The molecule has 0 spiro atoms. The van der Waals surface area contributed by atoms with E-state index in [0.29, 0.717) is 6.61 Å². The lowest BCUT2D eigenvalue weighted by molar-refractivity contribution is 0.172. The van der Waals surface area contributed by atoms with E-state index in [9.17, 15) is 0 Å². The van der Waals surface area contributed by atoms with Gasteiger partial charge >= 0.3 is 0 Å². The van der Waals surface area contributed by atoms with Crippen LogP contribution in [0.4, 0.5) is 0 Å². The van der Waals surface area contributed by atoms with Crippen LogP contribution in [-0.4, -0.2) is 12.3 Å². The molecule has 0 aromatic heterocycles. The van der Waals surface area contributed by atoms with Crippen LogP contribution in [0.1, 0.15) is 32.1 Å². The molecule has 0 unspecified atom stereocenters. The van der Waals surface area contributed by atoms with Crippen molar-refractivity contribution in [2.75, 3.05) is 6.61 Å². The third-order valence-electron chi connectivity index (χ3n) is 1.82. The number of nitrogens with zero attached hydrogens (tertiary/aromatic N) is 1. The Morgan fingerprint density at radius 2 is 2.09 bits per heavy atom. The highest BCUT2D eigenvalue weighted by Gasteiger charge is 2.06. The van der Waals surface area contributed by atoms with E-state index >= 15 is 0 Å². The van der Waals surface area contributed by atoms with Gasteiger partial charge in [0.2, 0.25) is 0 Å². The number of hydrogen-bond acceptors (Lipinski definition) is 2. The molecule has 0 amide bonds. The Morgan fingerprint density at radius 3 is 2.73 bits per heavy atom. The molecule has 1 aliphatic rings. The summed E-state index contributed by atoms with van der Waals surface area (Å²) in [5.74, 6) is 0. The quantitative estimate of drug-likeness (QED) is 0.347. The Labute approximate surface area is 67.9 Å². The Balaban J connectivity index is 2.20. The van der Waals surface area contributed by atoms with Gasteiger partial charge in [0, 0.05) is 0 Å². The van der Waals surface area contributed by atoms with Crippen LogP contribution in [0.3, 0.4) is 0 Å². The fraction of sp³-hybridized carbons (Fsp3) is 0.667. The fourth-order valence-electron chi connectivity index (χ4n) is 1.23. The maximum absolute atomic E-state index is 4.99. The molecule has 1 rings (SSSR count). The summed E-state index contributed by atoms with van der Waals surface area (Å²) in [6.45, 7) is 4.08. The highest BCUT2D eigenvalue weighted by Crippen LogP contribution is 2.14. The van der Waals surface area contributed by atoms with E-state index in [4.69, 9.17) is 4.84 Å². The first-order valence-electron chi connectivity index (χ1n) is 4.22. The summed E-state index contributed by atoms with van der Waals surface area (Å²) >= 11 is 0. The fourth-order valence-corrected chi connectivity index (χ4v) is 1.23. The smallest absolute Gasteiger partial charge is 0.135 e. The van der Waals surface area contributed by atoms with Gasteiger partial charge in [-0.25, -0.2) is 0 Å². The SMILES string of the molecule is C=CCON=C1CCCCC1. The lowest BCUT2D eigenvalue weighted by Gasteiger charge is -2.10. The molecule has 0 bridgehead atoms. The summed E-state index contributed by atoms with van der Waals surface area (Å²) in [4.78, 5) is 4.99. The van der Waals surface area contributed by atoms with Gasteiger partial charge in [-0.05, 0) is 25.7 Å². The molecule has 0 aromatic rings. The molecule has 0 radical (unpaired) electrons. The molecular weight excluding hydrogens is 138 g/mol. The predicted molar refractivity (Wildman–Crippen MR) is 46.7 cm³/mol. The molecule has 1 fully saturated rings. The third-order valence-corrected chi connectivity index (χ3v) is 1.82. The monoisotopic (exact) mass is 153 g/mol. The van der Waals surface area contributed by atoms with Gasteiger partial charge in [-0.3, -0.25) is 0 Å². The minimum Gasteiger partial charge on any atom is -0.392 e.